The Morgan fingerprint density at radius 2 is 2.12 bits per heavy atom. The van der Waals surface area contributed by atoms with Crippen LogP contribution in [0.15, 0.2) is 47.2 Å². The zero-order valence-corrected chi connectivity index (χ0v) is 12.9. The Morgan fingerprint density at radius 1 is 1.38 bits per heavy atom. The number of furan rings is 1. The first-order chi connectivity index (χ1) is 11.5. The lowest BCUT2D eigenvalue weighted by Gasteiger charge is -1.98. The van der Waals surface area contributed by atoms with Gasteiger partial charge in [0.15, 0.2) is 17.3 Å². The molecular formula is C16H11ClFN3O3. The number of carbonyl (C=O) groups excluding carboxylic acids is 1. The molecular weight excluding hydrogens is 337 g/mol. The molecule has 3 aromatic rings. The largest absolute Gasteiger partial charge is 0.504 e. The molecule has 24 heavy (non-hydrogen) atoms. The predicted molar refractivity (Wildman–Crippen MR) is 84.2 cm³/mol. The minimum absolute atomic E-state index is 0.0533. The first-order valence-electron chi connectivity index (χ1n) is 6.86. The molecule has 0 amide bonds. The van der Waals surface area contributed by atoms with Crippen molar-refractivity contribution in [3.63, 3.8) is 0 Å². The van der Waals surface area contributed by atoms with Gasteiger partial charge in [0.1, 0.15) is 17.9 Å². The van der Waals surface area contributed by atoms with Crippen LogP contribution in [0.2, 0.25) is 5.02 Å². The van der Waals surface area contributed by atoms with Crippen LogP contribution in [-0.4, -0.2) is 26.1 Å². The molecule has 0 saturated heterocycles. The standard InChI is InChI=1S/C16H11ClFN3O3/c17-12-6-11(5-9-1-3-10(18)4-2-9)24-15(12)13(22)7-14(23)16-19-8-20-21-16/h1-4,6-8,23H,5H2,(H,19,20,21). The lowest BCUT2D eigenvalue weighted by molar-refractivity contribution is 0.101. The van der Waals surface area contributed by atoms with Crippen LogP contribution in [0, 0.1) is 5.82 Å². The number of aromatic nitrogens is 3. The molecule has 2 aromatic heterocycles. The molecule has 0 bridgehead atoms. The van der Waals surface area contributed by atoms with Crippen molar-refractivity contribution < 1.29 is 18.7 Å². The normalized spacial score (nSPS) is 11.7. The number of allylic oxidation sites excluding steroid dienone is 1. The van der Waals surface area contributed by atoms with E-state index in [9.17, 15) is 14.3 Å². The smallest absolute Gasteiger partial charge is 0.226 e. The second kappa shape index (κ2) is 6.67. The maximum Gasteiger partial charge on any atom is 0.226 e. The summed E-state index contributed by atoms with van der Waals surface area (Å²) >= 11 is 6.02. The number of rotatable bonds is 5. The van der Waals surface area contributed by atoms with Crippen LogP contribution >= 0.6 is 11.6 Å². The Bertz CT molecular complexity index is 886. The van der Waals surface area contributed by atoms with Gasteiger partial charge >= 0.3 is 0 Å². The van der Waals surface area contributed by atoms with Crippen LogP contribution in [0.4, 0.5) is 4.39 Å². The Morgan fingerprint density at radius 3 is 2.79 bits per heavy atom. The van der Waals surface area contributed by atoms with Gasteiger partial charge in [0.25, 0.3) is 0 Å². The number of hydrogen-bond acceptors (Lipinski definition) is 5. The fraction of sp³-hybridized carbons (Fsp3) is 0.0625. The van der Waals surface area contributed by atoms with Gasteiger partial charge in [-0.05, 0) is 23.8 Å². The van der Waals surface area contributed by atoms with Crippen molar-refractivity contribution in [1.82, 2.24) is 15.2 Å². The van der Waals surface area contributed by atoms with Gasteiger partial charge in [0, 0.05) is 12.5 Å². The molecule has 0 spiro atoms. The first-order valence-corrected chi connectivity index (χ1v) is 7.24. The van der Waals surface area contributed by atoms with Gasteiger partial charge in [0.05, 0.1) is 5.02 Å². The van der Waals surface area contributed by atoms with Crippen molar-refractivity contribution in [3.05, 3.63) is 76.5 Å². The van der Waals surface area contributed by atoms with Crippen LogP contribution in [-0.2, 0) is 6.42 Å². The van der Waals surface area contributed by atoms with Crippen molar-refractivity contribution in [2.45, 2.75) is 6.42 Å². The number of nitrogens with zero attached hydrogens (tertiary/aromatic N) is 2. The SMILES string of the molecule is O=C(C=C(O)c1ncn[nH]1)c1oc(Cc2ccc(F)cc2)cc1Cl. The summed E-state index contributed by atoms with van der Waals surface area (Å²) in [7, 11) is 0. The highest BCUT2D eigenvalue weighted by molar-refractivity contribution is 6.34. The van der Waals surface area contributed by atoms with Crippen LogP contribution < -0.4 is 0 Å². The molecule has 6 nitrogen and oxygen atoms in total. The second-order valence-electron chi connectivity index (χ2n) is 4.92. The van der Waals surface area contributed by atoms with Crippen molar-refractivity contribution in [2.24, 2.45) is 0 Å². The van der Waals surface area contributed by atoms with E-state index in [0.29, 0.717) is 12.2 Å². The predicted octanol–water partition coefficient (Wildman–Crippen LogP) is 3.56. The van der Waals surface area contributed by atoms with Crippen LogP contribution in [0.1, 0.15) is 27.7 Å². The minimum atomic E-state index is -0.612. The number of carbonyl (C=O) groups is 1. The van der Waals surface area contributed by atoms with E-state index < -0.39 is 5.78 Å². The molecule has 2 heterocycles. The van der Waals surface area contributed by atoms with Crippen molar-refractivity contribution >= 4 is 23.1 Å². The summed E-state index contributed by atoms with van der Waals surface area (Å²) in [5, 5.41) is 15.9. The fourth-order valence-corrected chi connectivity index (χ4v) is 2.32. The van der Waals surface area contributed by atoms with Crippen LogP contribution in [0.3, 0.4) is 0 Å². The van der Waals surface area contributed by atoms with E-state index in [-0.39, 0.29) is 28.2 Å². The molecule has 0 radical (unpaired) electrons. The number of halogens is 2. The summed E-state index contributed by atoms with van der Waals surface area (Å²) in [4.78, 5) is 15.9. The Balaban J connectivity index is 1.79. The average molecular weight is 348 g/mol. The third-order valence-electron chi connectivity index (χ3n) is 3.18. The zero-order valence-electron chi connectivity index (χ0n) is 12.2. The first kappa shape index (κ1) is 15.9. The number of aromatic amines is 1. The summed E-state index contributed by atoms with van der Waals surface area (Å²) in [6.45, 7) is 0. The minimum Gasteiger partial charge on any atom is -0.504 e. The van der Waals surface area contributed by atoms with E-state index in [4.69, 9.17) is 16.0 Å². The summed E-state index contributed by atoms with van der Waals surface area (Å²) < 4.78 is 18.4. The average Bonchev–Trinajstić information content (AvgIpc) is 3.19. The monoisotopic (exact) mass is 347 g/mol. The number of benzene rings is 1. The van der Waals surface area contributed by atoms with Gasteiger partial charge in [-0.3, -0.25) is 9.89 Å². The molecule has 1 aromatic carbocycles. The Labute approximate surface area is 140 Å². The van der Waals surface area contributed by atoms with Gasteiger partial charge in [-0.2, -0.15) is 5.10 Å². The van der Waals surface area contributed by atoms with Crippen LogP contribution in [0.25, 0.3) is 5.76 Å². The Kier molecular flexibility index (Phi) is 4.43. The maximum absolute atomic E-state index is 12.9. The molecule has 0 atom stereocenters. The number of aliphatic hydroxyl groups excluding tert-OH is 1. The lowest BCUT2D eigenvalue weighted by atomic mass is 10.1. The molecule has 0 fully saturated rings. The molecule has 122 valence electrons. The molecule has 0 unspecified atom stereocenters. The number of aliphatic hydroxyl groups is 1. The van der Waals surface area contributed by atoms with E-state index in [1.807, 2.05) is 0 Å². The van der Waals surface area contributed by atoms with E-state index in [1.54, 1.807) is 12.1 Å². The summed E-state index contributed by atoms with van der Waals surface area (Å²) in [6.07, 6.45) is 2.49. The van der Waals surface area contributed by atoms with E-state index >= 15 is 0 Å². The van der Waals surface area contributed by atoms with Gasteiger partial charge < -0.3 is 9.52 Å². The zero-order chi connectivity index (χ0) is 17.1. The highest BCUT2D eigenvalue weighted by Gasteiger charge is 2.17. The van der Waals surface area contributed by atoms with Gasteiger partial charge in [-0.15, -0.1) is 0 Å². The van der Waals surface area contributed by atoms with E-state index in [1.165, 1.54) is 24.5 Å². The second-order valence-corrected chi connectivity index (χ2v) is 5.33. The van der Waals surface area contributed by atoms with Crippen LogP contribution in [0.5, 0.6) is 0 Å². The van der Waals surface area contributed by atoms with Gasteiger partial charge in [-0.25, -0.2) is 9.37 Å². The molecule has 0 aliphatic carbocycles. The van der Waals surface area contributed by atoms with E-state index in [0.717, 1.165) is 11.6 Å². The van der Waals surface area contributed by atoms with Crippen molar-refractivity contribution in [3.8, 4) is 0 Å². The number of nitrogens with one attached hydrogen (secondary N) is 1. The van der Waals surface area contributed by atoms with Gasteiger partial charge in [-0.1, -0.05) is 23.7 Å². The quantitative estimate of drug-likeness (QED) is 0.418. The maximum atomic E-state index is 12.9. The molecule has 8 heteroatoms. The molecule has 0 aliphatic rings. The summed E-state index contributed by atoms with van der Waals surface area (Å²) in [5.74, 6) is -0.927. The molecule has 0 aliphatic heterocycles. The van der Waals surface area contributed by atoms with E-state index in [2.05, 4.69) is 15.2 Å². The van der Waals surface area contributed by atoms with Crippen molar-refractivity contribution in [2.75, 3.05) is 0 Å². The lowest BCUT2D eigenvalue weighted by Crippen LogP contribution is -1.97. The summed E-state index contributed by atoms with van der Waals surface area (Å²) in [5.41, 5.74) is 0.806. The van der Waals surface area contributed by atoms with Crippen molar-refractivity contribution in [1.29, 1.82) is 0 Å². The number of ketones is 1. The fourth-order valence-electron chi connectivity index (χ4n) is 2.06. The molecule has 0 saturated carbocycles. The third kappa shape index (κ3) is 3.52. The highest BCUT2D eigenvalue weighted by atomic mass is 35.5. The number of hydrogen-bond donors (Lipinski definition) is 2. The summed E-state index contributed by atoms with van der Waals surface area (Å²) in [6, 6.07) is 7.41. The molecule has 2 N–H and O–H groups in total. The molecule has 3 rings (SSSR count). The third-order valence-corrected chi connectivity index (χ3v) is 3.46. The topological polar surface area (TPSA) is 92.0 Å². The highest BCUT2D eigenvalue weighted by Crippen LogP contribution is 2.24. The number of H-pyrrole nitrogens is 1. The Hall–Kier alpha value is -2.93. The van der Waals surface area contributed by atoms with Gasteiger partial charge in [0.2, 0.25) is 5.78 Å².